The van der Waals surface area contributed by atoms with Gasteiger partial charge in [-0.15, -0.1) is 0 Å². The number of rotatable bonds is 3. The lowest BCUT2D eigenvalue weighted by Crippen LogP contribution is -2.41. The van der Waals surface area contributed by atoms with Crippen molar-refractivity contribution in [2.45, 2.75) is 12.3 Å². The average molecular weight is 332 g/mol. The van der Waals surface area contributed by atoms with E-state index >= 15 is 0 Å². The number of carbonyl (C=O) groups is 1. The molecule has 1 aliphatic rings. The molecule has 8 heteroatoms. The van der Waals surface area contributed by atoms with Gasteiger partial charge in [-0.2, -0.15) is 0 Å². The molecule has 1 amide bonds. The van der Waals surface area contributed by atoms with E-state index in [1.807, 2.05) is 0 Å². The fourth-order valence-corrected chi connectivity index (χ4v) is 3.95. The third-order valence-corrected chi connectivity index (χ3v) is 5.26. The summed E-state index contributed by atoms with van der Waals surface area (Å²) in [5.74, 6) is -0.813. The first-order valence-corrected chi connectivity index (χ1v) is 8.35. The second kappa shape index (κ2) is 5.47. The van der Waals surface area contributed by atoms with Crippen molar-refractivity contribution in [3.8, 4) is 0 Å². The normalized spacial score (nSPS) is 16.0. The Morgan fingerprint density at radius 2 is 1.74 bits per heavy atom. The van der Waals surface area contributed by atoms with Crippen LogP contribution in [-0.4, -0.2) is 23.6 Å². The van der Waals surface area contributed by atoms with Crippen LogP contribution in [0.4, 0.5) is 5.69 Å². The first kappa shape index (κ1) is 15.2. The van der Waals surface area contributed by atoms with E-state index in [-0.39, 0.29) is 18.0 Å². The van der Waals surface area contributed by atoms with Crippen LogP contribution in [0.15, 0.2) is 48.5 Å². The number of sulfonamides is 1. The molecule has 118 valence electrons. The van der Waals surface area contributed by atoms with Crippen LogP contribution in [0.1, 0.15) is 21.5 Å². The van der Waals surface area contributed by atoms with Crippen molar-refractivity contribution in [3.63, 3.8) is 0 Å². The van der Waals surface area contributed by atoms with Gasteiger partial charge in [-0.05, 0) is 17.2 Å². The van der Waals surface area contributed by atoms with Crippen LogP contribution >= 0.6 is 0 Å². The Balaban J connectivity index is 1.93. The molecule has 0 radical (unpaired) electrons. The Bertz CT molecular complexity index is 890. The number of nitrogens with zero attached hydrogens (tertiary/aromatic N) is 2. The quantitative estimate of drug-likeness (QED) is 0.633. The van der Waals surface area contributed by atoms with Gasteiger partial charge in [0.05, 0.1) is 17.2 Å². The van der Waals surface area contributed by atoms with Crippen LogP contribution in [0.2, 0.25) is 0 Å². The molecular formula is C15H12N2O5S. The molecule has 2 aromatic rings. The molecule has 23 heavy (non-hydrogen) atoms. The number of amides is 1. The molecule has 0 aliphatic carbocycles. The molecule has 0 bridgehead atoms. The third-order valence-electron chi connectivity index (χ3n) is 3.62. The van der Waals surface area contributed by atoms with E-state index in [0.717, 1.165) is 4.31 Å². The summed E-state index contributed by atoms with van der Waals surface area (Å²) < 4.78 is 25.5. The molecule has 0 atom stereocenters. The summed E-state index contributed by atoms with van der Waals surface area (Å²) in [5, 5.41) is 10.6. The van der Waals surface area contributed by atoms with Crippen molar-refractivity contribution >= 4 is 21.6 Å². The fraction of sp³-hybridized carbons (Fsp3) is 0.133. The average Bonchev–Trinajstić information content (AvgIpc) is 2.51. The zero-order valence-corrected chi connectivity index (χ0v) is 12.7. The first-order valence-electron chi connectivity index (χ1n) is 6.74. The smallest absolute Gasteiger partial charge is 0.268 e. The van der Waals surface area contributed by atoms with E-state index in [1.54, 1.807) is 24.3 Å². The van der Waals surface area contributed by atoms with Crippen LogP contribution in [0.25, 0.3) is 0 Å². The Morgan fingerprint density at radius 1 is 1.09 bits per heavy atom. The molecule has 0 saturated heterocycles. The third kappa shape index (κ3) is 2.80. The summed E-state index contributed by atoms with van der Waals surface area (Å²) in [5.41, 5.74) is 1.26. The second-order valence-electron chi connectivity index (χ2n) is 5.15. The van der Waals surface area contributed by atoms with E-state index in [9.17, 15) is 23.3 Å². The maximum absolute atomic E-state index is 12.5. The molecule has 0 unspecified atom stereocenters. The van der Waals surface area contributed by atoms with Gasteiger partial charge in [-0.1, -0.05) is 30.3 Å². The minimum absolute atomic E-state index is 0.0908. The van der Waals surface area contributed by atoms with Crippen molar-refractivity contribution in [1.82, 2.24) is 4.31 Å². The minimum atomic E-state index is -3.76. The number of non-ortho nitro benzene ring substituents is 1. The summed E-state index contributed by atoms with van der Waals surface area (Å²) in [4.78, 5) is 22.6. The number of benzene rings is 2. The number of hydrogen-bond acceptors (Lipinski definition) is 5. The van der Waals surface area contributed by atoms with Crippen molar-refractivity contribution in [2.75, 3.05) is 0 Å². The summed E-state index contributed by atoms with van der Waals surface area (Å²) in [6, 6.07) is 12.0. The Kier molecular flexibility index (Phi) is 3.61. The number of hydrogen-bond donors (Lipinski definition) is 0. The SMILES string of the molecule is O=C1c2ccccc2CS(=O)(=O)N1Cc1ccc([N+](=O)[O-])cc1. The van der Waals surface area contributed by atoms with Crippen LogP contribution in [-0.2, 0) is 22.3 Å². The predicted molar refractivity (Wildman–Crippen MR) is 82.0 cm³/mol. The monoisotopic (exact) mass is 332 g/mol. The topological polar surface area (TPSA) is 97.6 Å². The number of fused-ring (bicyclic) bond motifs is 1. The molecule has 3 rings (SSSR count). The van der Waals surface area contributed by atoms with Crippen molar-refractivity contribution in [3.05, 3.63) is 75.3 Å². The van der Waals surface area contributed by atoms with Gasteiger partial charge in [0.25, 0.3) is 11.6 Å². The molecule has 0 aromatic heterocycles. The highest BCUT2D eigenvalue weighted by Crippen LogP contribution is 2.26. The maximum Gasteiger partial charge on any atom is 0.269 e. The van der Waals surface area contributed by atoms with Crippen LogP contribution in [0, 0.1) is 10.1 Å². The molecular weight excluding hydrogens is 320 g/mol. The van der Waals surface area contributed by atoms with Crippen molar-refractivity contribution in [2.24, 2.45) is 0 Å². The number of nitro benzene ring substituents is 1. The highest BCUT2D eigenvalue weighted by molar-refractivity contribution is 7.89. The van der Waals surface area contributed by atoms with E-state index in [1.165, 1.54) is 24.3 Å². The lowest BCUT2D eigenvalue weighted by atomic mass is 10.1. The molecule has 0 saturated carbocycles. The van der Waals surface area contributed by atoms with Crippen molar-refractivity contribution in [1.29, 1.82) is 0 Å². The van der Waals surface area contributed by atoms with Gasteiger partial charge < -0.3 is 0 Å². The minimum Gasteiger partial charge on any atom is -0.268 e. The zero-order valence-electron chi connectivity index (χ0n) is 11.9. The van der Waals surface area contributed by atoms with E-state index in [2.05, 4.69) is 0 Å². The summed E-state index contributed by atoms with van der Waals surface area (Å²) >= 11 is 0. The number of carbonyl (C=O) groups excluding carboxylic acids is 1. The standard InChI is InChI=1S/C15H12N2O5S/c18-15-14-4-2-1-3-12(14)10-23(21,22)16(15)9-11-5-7-13(8-6-11)17(19)20/h1-8H,9-10H2. The Labute approximate surface area is 132 Å². The first-order chi connectivity index (χ1) is 10.9. The second-order valence-corrected chi connectivity index (χ2v) is 7.04. The van der Waals surface area contributed by atoms with Crippen LogP contribution in [0.3, 0.4) is 0 Å². The van der Waals surface area contributed by atoms with E-state index in [0.29, 0.717) is 16.7 Å². The molecule has 0 fully saturated rings. The molecule has 0 spiro atoms. The van der Waals surface area contributed by atoms with Gasteiger partial charge >= 0.3 is 0 Å². The Hall–Kier alpha value is -2.74. The van der Waals surface area contributed by atoms with Crippen LogP contribution < -0.4 is 0 Å². The lowest BCUT2D eigenvalue weighted by Gasteiger charge is -2.28. The highest BCUT2D eigenvalue weighted by atomic mass is 32.2. The summed E-state index contributed by atoms with van der Waals surface area (Å²) in [7, 11) is -3.76. The molecule has 0 N–H and O–H groups in total. The fourth-order valence-electron chi connectivity index (χ4n) is 2.45. The van der Waals surface area contributed by atoms with Crippen LogP contribution in [0.5, 0.6) is 0 Å². The van der Waals surface area contributed by atoms with Gasteiger partial charge in [-0.25, -0.2) is 12.7 Å². The summed E-state index contributed by atoms with van der Waals surface area (Å²) in [6.45, 7) is -0.145. The zero-order chi connectivity index (χ0) is 16.6. The van der Waals surface area contributed by atoms with E-state index in [4.69, 9.17) is 0 Å². The highest BCUT2D eigenvalue weighted by Gasteiger charge is 2.35. The van der Waals surface area contributed by atoms with Gasteiger partial charge in [-0.3, -0.25) is 14.9 Å². The molecule has 1 aliphatic heterocycles. The predicted octanol–water partition coefficient (Wildman–Crippen LogP) is 2.08. The van der Waals surface area contributed by atoms with Gasteiger partial charge in [0.1, 0.15) is 0 Å². The lowest BCUT2D eigenvalue weighted by molar-refractivity contribution is -0.384. The molecule has 2 aromatic carbocycles. The van der Waals surface area contributed by atoms with Gasteiger partial charge in [0.2, 0.25) is 10.0 Å². The molecule has 7 nitrogen and oxygen atoms in total. The summed E-state index contributed by atoms with van der Waals surface area (Å²) in [6.07, 6.45) is 0. The van der Waals surface area contributed by atoms with Crippen molar-refractivity contribution < 1.29 is 18.1 Å². The van der Waals surface area contributed by atoms with Gasteiger partial charge in [0.15, 0.2) is 0 Å². The van der Waals surface area contributed by atoms with E-state index < -0.39 is 20.9 Å². The maximum atomic E-state index is 12.5. The molecule has 1 heterocycles. The van der Waals surface area contributed by atoms with Gasteiger partial charge in [0, 0.05) is 17.7 Å². The Morgan fingerprint density at radius 3 is 2.39 bits per heavy atom. The number of nitro groups is 1. The largest absolute Gasteiger partial charge is 0.269 e.